The molecule has 0 heterocycles. The number of carbonyl (C=O) groups excluding carboxylic acids is 1. The average molecular weight is 194 g/mol. The van der Waals surface area contributed by atoms with Crippen molar-refractivity contribution in [3.8, 4) is 0 Å². The molecule has 0 amide bonds. The van der Waals surface area contributed by atoms with Crippen LogP contribution in [0.2, 0.25) is 0 Å². The summed E-state index contributed by atoms with van der Waals surface area (Å²) in [5.74, 6) is 2.79. The maximum atomic E-state index is 11.8. The Hall–Kier alpha value is -0.330. The number of carbonyl (C=O) groups is 1. The highest BCUT2D eigenvalue weighted by Crippen LogP contribution is 2.37. The van der Waals surface area contributed by atoms with Gasteiger partial charge in [0.2, 0.25) is 0 Å². The smallest absolute Gasteiger partial charge is 0.135 e. The predicted octanol–water partition coefficient (Wildman–Crippen LogP) is 3.57. The summed E-state index contributed by atoms with van der Waals surface area (Å²) < 4.78 is 0. The molecule has 2 atom stereocenters. The van der Waals surface area contributed by atoms with Crippen molar-refractivity contribution >= 4 is 5.78 Å². The Labute approximate surface area is 87.3 Å². The van der Waals surface area contributed by atoms with Crippen LogP contribution in [0.4, 0.5) is 0 Å². The van der Waals surface area contributed by atoms with Gasteiger partial charge in [-0.05, 0) is 37.5 Å². The van der Waals surface area contributed by atoms with Gasteiger partial charge < -0.3 is 0 Å². The van der Waals surface area contributed by atoms with Gasteiger partial charge in [-0.15, -0.1) is 0 Å². The van der Waals surface area contributed by atoms with Crippen LogP contribution in [0, 0.1) is 17.8 Å². The van der Waals surface area contributed by atoms with E-state index in [9.17, 15) is 4.79 Å². The zero-order valence-electron chi connectivity index (χ0n) is 9.30. The molecular weight excluding hydrogens is 172 g/mol. The summed E-state index contributed by atoms with van der Waals surface area (Å²) in [6.07, 6.45) is 9.79. The molecule has 2 saturated carbocycles. The quantitative estimate of drug-likeness (QED) is 0.654. The van der Waals surface area contributed by atoms with Crippen LogP contribution in [0.15, 0.2) is 0 Å². The van der Waals surface area contributed by atoms with Crippen molar-refractivity contribution in [2.75, 3.05) is 0 Å². The molecule has 2 unspecified atom stereocenters. The number of Topliss-reactive ketones (excluding diaryl/α,β-unsaturated/α-hetero) is 1. The third-order valence-electron chi connectivity index (χ3n) is 4.07. The van der Waals surface area contributed by atoms with Gasteiger partial charge in [0.25, 0.3) is 0 Å². The van der Waals surface area contributed by atoms with Gasteiger partial charge in [-0.2, -0.15) is 0 Å². The number of ketones is 1. The molecule has 0 saturated heterocycles. The maximum Gasteiger partial charge on any atom is 0.135 e. The van der Waals surface area contributed by atoms with Crippen LogP contribution in [-0.2, 0) is 4.79 Å². The minimum Gasteiger partial charge on any atom is -0.299 e. The van der Waals surface area contributed by atoms with Gasteiger partial charge in [0.1, 0.15) is 5.78 Å². The van der Waals surface area contributed by atoms with E-state index in [2.05, 4.69) is 6.92 Å². The molecule has 0 aromatic rings. The predicted molar refractivity (Wildman–Crippen MR) is 58.1 cm³/mol. The van der Waals surface area contributed by atoms with Crippen molar-refractivity contribution in [2.45, 2.75) is 58.3 Å². The van der Waals surface area contributed by atoms with E-state index in [4.69, 9.17) is 0 Å². The Morgan fingerprint density at radius 2 is 1.86 bits per heavy atom. The zero-order chi connectivity index (χ0) is 9.97. The minimum absolute atomic E-state index is 0.443. The van der Waals surface area contributed by atoms with Crippen LogP contribution < -0.4 is 0 Å². The standard InChI is InChI=1S/C13H22O/c1-2-10-5-7-12(9-10)13(14)8-6-11-3-4-11/h10-12H,2-9H2,1H3. The normalized spacial score (nSPS) is 32.1. The average Bonchev–Trinajstić information content (AvgIpc) is 2.90. The lowest BCUT2D eigenvalue weighted by Crippen LogP contribution is -2.11. The van der Waals surface area contributed by atoms with E-state index < -0.39 is 0 Å². The summed E-state index contributed by atoms with van der Waals surface area (Å²) >= 11 is 0. The highest BCUT2D eigenvalue weighted by molar-refractivity contribution is 5.81. The molecule has 2 aliphatic rings. The summed E-state index contributed by atoms with van der Waals surface area (Å²) in [6.45, 7) is 2.25. The van der Waals surface area contributed by atoms with Crippen LogP contribution in [-0.4, -0.2) is 5.78 Å². The first-order valence-electron chi connectivity index (χ1n) is 6.32. The van der Waals surface area contributed by atoms with Gasteiger partial charge >= 0.3 is 0 Å². The van der Waals surface area contributed by atoms with Gasteiger partial charge in [-0.3, -0.25) is 4.79 Å². The number of rotatable bonds is 5. The second-order valence-electron chi connectivity index (χ2n) is 5.23. The lowest BCUT2D eigenvalue weighted by atomic mass is 9.96. The van der Waals surface area contributed by atoms with Crippen LogP contribution in [0.25, 0.3) is 0 Å². The fourth-order valence-corrected chi connectivity index (χ4v) is 2.70. The van der Waals surface area contributed by atoms with Gasteiger partial charge in [0, 0.05) is 12.3 Å². The lowest BCUT2D eigenvalue weighted by Gasteiger charge is -2.08. The molecule has 80 valence electrons. The van der Waals surface area contributed by atoms with Gasteiger partial charge in [0.05, 0.1) is 0 Å². The van der Waals surface area contributed by atoms with Crippen molar-refractivity contribution in [3.05, 3.63) is 0 Å². The van der Waals surface area contributed by atoms with Crippen LogP contribution in [0.3, 0.4) is 0 Å². The molecule has 0 aliphatic heterocycles. The van der Waals surface area contributed by atoms with E-state index in [0.29, 0.717) is 11.7 Å². The number of hydrogen-bond acceptors (Lipinski definition) is 1. The Bertz CT molecular complexity index is 205. The third-order valence-corrected chi connectivity index (χ3v) is 4.07. The van der Waals surface area contributed by atoms with Crippen molar-refractivity contribution < 1.29 is 4.79 Å². The zero-order valence-corrected chi connectivity index (χ0v) is 9.30. The Balaban J connectivity index is 1.69. The molecule has 2 aliphatic carbocycles. The Kier molecular flexibility index (Phi) is 3.25. The fraction of sp³-hybridized carbons (Fsp3) is 0.923. The topological polar surface area (TPSA) is 17.1 Å². The molecule has 0 bridgehead atoms. The highest BCUT2D eigenvalue weighted by atomic mass is 16.1. The first-order valence-corrected chi connectivity index (χ1v) is 6.32. The second kappa shape index (κ2) is 4.46. The minimum atomic E-state index is 0.443. The lowest BCUT2D eigenvalue weighted by molar-refractivity contribution is -0.122. The first-order chi connectivity index (χ1) is 6.79. The molecule has 0 N–H and O–H groups in total. The molecule has 1 heteroatoms. The van der Waals surface area contributed by atoms with Crippen molar-refractivity contribution in [3.63, 3.8) is 0 Å². The molecule has 0 aromatic heterocycles. The number of hydrogen-bond donors (Lipinski definition) is 0. The summed E-state index contributed by atoms with van der Waals surface area (Å²) in [5.41, 5.74) is 0. The van der Waals surface area contributed by atoms with Crippen LogP contribution >= 0.6 is 0 Å². The summed E-state index contributed by atoms with van der Waals surface area (Å²) in [6, 6.07) is 0. The molecule has 14 heavy (non-hydrogen) atoms. The van der Waals surface area contributed by atoms with Crippen LogP contribution in [0.5, 0.6) is 0 Å². The Morgan fingerprint density at radius 1 is 1.14 bits per heavy atom. The molecule has 0 spiro atoms. The van der Waals surface area contributed by atoms with E-state index in [-0.39, 0.29) is 0 Å². The van der Waals surface area contributed by atoms with E-state index in [1.165, 1.54) is 44.9 Å². The van der Waals surface area contributed by atoms with Gasteiger partial charge in [-0.1, -0.05) is 26.2 Å². The van der Waals surface area contributed by atoms with E-state index >= 15 is 0 Å². The molecule has 0 radical (unpaired) electrons. The van der Waals surface area contributed by atoms with Crippen molar-refractivity contribution in [1.29, 1.82) is 0 Å². The van der Waals surface area contributed by atoms with E-state index in [1.54, 1.807) is 0 Å². The summed E-state index contributed by atoms with van der Waals surface area (Å²) in [5, 5.41) is 0. The second-order valence-corrected chi connectivity index (χ2v) is 5.23. The molecule has 2 rings (SSSR count). The largest absolute Gasteiger partial charge is 0.299 e. The third kappa shape index (κ3) is 2.59. The van der Waals surface area contributed by atoms with E-state index in [0.717, 1.165) is 18.3 Å². The van der Waals surface area contributed by atoms with Crippen molar-refractivity contribution in [2.24, 2.45) is 17.8 Å². The highest BCUT2D eigenvalue weighted by Gasteiger charge is 2.29. The summed E-state index contributed by atoms with van der Waals surface area (Å²) in [4.78, 5) is 11.8. The van der Waals surface area contributed by atoms with E-state index in [1.807, 2.05) is 0 Å². The first kappa shape index (κ1) is 10.2. The molecule has 2 fully saturated rings. The monoisotopic (exact) mass is 194 g/mol. The SMILES string of the molecule is CCC1CCC(C(=O)CCC2CC2)C1. The summed E-state index contributed by atoms with van der Waals surface area (Å²) in [7, 11) is 0. The van der Waals surface area contributed by atoms with Gasteiger partial charge in [0.15, 0.2) is 0 Å². The molecule has 1 nitrogen and oxygen atoms in total. The Morgan fingerprint density at radius 3 is 2.43 bits per heavy atom. The van der Waals surface area contributed by atoms with Crippen LogP contribution in [0.1, 0.15) is 58.3 Å². The fourth-order valence-electron chi connectivity index (χ4n) is 2.70. The molecule has 0 aromatic carbocycles. The molecular formula is C13H22O. The van der Waals surface area contributed by atoms with Crippen molar-refractivity contribution in [1.82, 2.24) is 0 Å². The van der Waals surface area contributed by atoms with Gasteiger partial charge in [-0.25, -0.2) is 0 Å². The maximum absolute atomic E-state index is 11.8.